The molecule has 5 nitrogen and oxygen atoms in total. The molecule has 14 heavy (non-hydrogen) atoms. The molecule has 0 aliphatic heterocycles. The zero-order chi connectivity index (χ0) is 10.7. The highest BCUT2D eigenvalue weighted by Gasteiger charge is 2.19. The van der Waals surface area contributed by atoms with Crippen LogP contribution >= 0.6 is 0 Å². The third-order valence-corrected chi connectivity index (χ3v) is 2.04. The summed E-state index contributed by atoms with van der Waals surface area (Å²) in [6.07, 6.45) is 0.921. The Morgan fingerprint density at radius 2 is 2.07 bits per heavy atom. The summed E-state index contributed by atoms with van der Waals surface area (Å²) < 4.78 is 1.68. The van der Waals surface area contributed by atoms with Crippen LogP contribution in [0.15, 0.2) is 12.4 Å². The second-order valence-electron chi connectivity index (χ2n) is 3.54. The van der Waals surface area contributed by atoms with Crippen LogP contribution in [0.1, 0.15) is 31.6 Å². The van der Waals surface area contributed by atoms with Crippen LogP contribution in [0, 0.1) is 0 Å². The van der Waals surface area contributed by atoms with Gasteiger partial charge in [-0.15, -0.1) is 0 Å². The van der Waals surface area contributed by atoms with Crippen LogP contribution in [-0.2, 0) is 0 Å². The minimum atomic E-state index is -1.15. The predicted octanol–water partition coefficient (Wildman–Crippen LogP) is -0.149. The molecule has 1 aromatic heterocycles. The Morgan fingerprint density at radius 3 is 2.50 bits per heavy atom. The molecule has 1 aromatic rings. The van der Waals surface area contributed by atoms with E-state index >= 15 is 0 Å². The van der Waals surface area contributed by atoms with E-state index in [9.17, 15) is 10.2 Å². The number of hydrogen-bond donors (Lipinski definition) is 3. The summed E-state index contributed by atoms with van der Waals surface area (Å²) >= 11 is 0. The summed E-state index contributed by atoms with van der Waals surface area (Å²) in [5, 5.41) is 31.4. The average molecular weight is 200 g/mol. The van der Waals surface area contributed by atoms with Crippen molar-refractivity contribution in [2.24, 2.45) is 0 Å². The van der Waals surface area contributed by atoms with Gasteiger partial charge >= 0.3 is 0 Å². The summed E-state index contributed by atoms with van der Waals surface area (Å²) in [4.78, 5) is 0. The fourth-order valence-corrected chi connectivity index (χ4v) is 1.11. The van der Waals surface area contributed by atoms with E-state index in [1.54, 1.807) is 10.9 Å². The van der Waals surface area contributed by atoms with Gasteiger partial charge in [0.2, 0.25) is 0 Å². The molecule has 2 atom stereocenters. The van der Waals surface area contributed by atoms with Crippen molar-refractivity contribution in [3.63, 3.8) is 0 Å². The van der Waals surface area contributed by atoms with Crippen LogP contribution in [0.2, 0.25) is 0 Å². The minimum absolute atomic E-state index is 0.210. The van der Waals surface area contributed by atoms with Gasteiger partial charge in [0, 0.05) is 17.8 Å². The quantitative estimate of drug-likeness (QED) is 0.631. The highest BCUT2D eigenvalue weighted by atomic mass is 16.4. The van der Waals surface area contributed by atoms with Gasteiger partial charge in [-0.1, -0.05) is 0 Å². The molecule has 0 aliphatic carbocycles. The second kappa shape index (κ2) is 4.54. The molecule has 3 N–H and O–H groups in total. The molecule has 0 radical (unpaired) electrons. The molecule has 2 unspecified atom stereocenters. The van der Waals surface area contributed by atoms with Crippen molar-refractivity contribution < 1.29 is 15.3 Å². The molecule has 0 bridgehead atoms. The van der Waals surface area contributed by atoms with Crippen molar-refractivity contribution in [2.45, 2.75) is 32.1 Å². The van der Waals surface area contributed by atoms with Crippen molar-refractivity contribution in [1.82, 2.24) is 9.78 Å². The Balaban J connectivity index is 2.76. The first-order valence-corrected chi connectivity index (χ1v) is 4.57. The molecule has 0 aliphatic rings. The molecule has 80 valence electrons. The highest BCUT2D eigenvalue weighted by molar-refractivity contribution is 5.09. The van der Waals surface area contributed by atoms with E-state index in [1.165, 1.54) is 6.20 Å². The zero-order valence-corrected chi connectivity index (χ0v) is 8.33. The lowest BCUT2D eigenvalue weighted by Gasteiger charge is -2.13. The predicted molar refractivity (Wildman–Crippen MR) is 50.7 cm³/mol. The molecule has 0 amide bonds. The largest absolute Gasteiger partial charge is 0.394 e. The van der Waals surface area contributed by atoms with Crippen LogP contribution in [0.3, 0.4) is 0 Å². The molecule has 0 spiro atoms. The summed E-state index contributed by atoms with van der Waals surface area (Å²) in [5.74, 6) is 0. The van der Waals surface area contributed by atoms with E-state index in [1.807, 2.05) is 13.8 Å². The van der Waals surface area contributed by atoms with E-state index < -0.39 is 18.8 Å². The normalized spacial score (nSPS) is 15.9. The molecule has 5 heteroatoms. The van der Waals surface area contributed by atoms with Gasteiger partial charge in [0.1, 0.15) is 12.2 Å². The smallest absolute Gasteiger partial charge is 0.110 e. The van der Waals surface area contributed by atoms with Crippen LogP contribution in [0.5, 0.6) is 0 Å². The van der Waals surface area contributed by atoms with Crippen LogP contribution in [-0.4, -0.2) is 37.8 Å². The first-order chi connectivity index (χ1) is 6.56. The van der Waals surface area contributed by atoms with E-state index in [0.717, 1.165) is 0 Å². The van der Waals surface area contributed by atoms with Crippen LogP contribution in [0.4, 0.5) is 0 Å². The molecule has 0 saturated heterocycles. The average Bonchev–Trinajstić information content (AvgIpc) is 2.64. The molecular formula is C9H16N2O3. The SMILES string of the molecule is CC(C)n1cc(C(O)C(O)CO)cn1. The number of nitrogens with zero attached hydrogens (tertiary/aromatic N) is 2. The summed E-state index contributed by atoms with van der Waals surface area (Å²) in [5.41, 5.74) is 0.514. The number of aromatic nitrogens is 2. The van der Waals surface area contributed by atoms with Gasteiger partial charge in [-0.2, -0.15) is 5.10 Å². The van der Waals surface area contributed by atoms with Crippen molar-refractivity contribution in [1.29, 1.82) is 0 Å². The summed E-state index contributed by atoms with van der Waals surface area (Å²) in [6.45, 7) is 3.46. The third kappa shape index (κ3) is 2.31. The van der Waals surface area contributed by atoms with Gasteiger partial charge in [0.15, 0.2) is 0 Å². The Kier molecular flexibility index (Phi) is 3.62. The van der Waals surface area contributed by atoms with Crippen molar-refractivity contribution in [2.75, 3.05) is 6.61 Å². The second-order valence-corrected chi connectivity index (χ2v) is 3.54. The molecule has 0 fully saturated rings. The standard InChI is InChI=1S/C9H16N2O3/c1-6(2)11-4-7(3-10-11)9(14)8(13)5-12/h3-4,6,8-9,12-14H,5H2,1-2H3. The van der Waals surface area contributed by atoms with Gasteiger partial charge in [-0.05, 0) is 13.8 Å². The Labute approximate surface area is 82.6 Å². The Bertz CT molecular complexity index is 285. The van der Waals surface area contributed by atoms with Gasteiger partial charge < -0.3 is 15.3 Å². The number of aliphatic hydroxyl groups is 3. The van der Waals surface area contributed by atoms with E-state index in [4.69, 9.17) is 5.11 Å². The third-order valence-electron chi connectivity index (χ3n) is 2.04. The first kappa shape index (κ1) is 11.2. The number of rotatable bonds is 4. The maximum atomic E-state index is 9.52. The lowest BCUT2D eigenvalue weighted by molar-refractivity contribution is -0.0153. The van der Waals surface area contributed by atoms with Gasteiger partial charge in [-0.25, -0.2) is 0 Å². The first-order valence-electron chi connectivity index (χ1n) is 4.57. The Hall–Kier alpha value is -0.910. The molecule has 1 rings (SSSR count). The van der Waals surface area contributed by atoms with Crippen molar-refractivity contribution in [3.05, 3.63) is 18.0 Å². The van der Waals surface area contributed by atoms with Gasteiger partial charge in [0.25, 0.3) is 0 Å². The fourth-order valence-electron chi connectivity index (χ4n) is 1.11. The molecular weight excluding hydrogens is 184 g/mol. The van der Waals surface area contributed by atoms with E-state index in [-0.39, 0.29) is 6.04 Å². The fraction of sp³-hybridized carbons (Fsp3) is 0.667. The molecule has 0 aromatic carbocycles. The van der Waals surface area contributed by atoms with Gasteiger partial charge in [0.05, 0.1) is 12.8 Å². The van der Waals surface area contributed by atoms with Crippen LogP contribution in [0.25, 0.3) is 0 Å². The lowest BCUT2D eigenvalue weighted by atomic mass is 10.1. The zero-order valence-electron chi connectivity index (χ0n) is 8.33. The monoisotopic (exact) mass is 200 g/mol. The minimum Gasteiger partial charge on any atom is -0.394 e. The topological polar surface area (TPSA) is 78.5 Å². The van der Waals surface area contributed by atoms with Crippen LogP contribution < -0.4 is 0 Å². The van der Waals surface area contributed by atoms with E-state index in [2.05, 4.69) is 5.10 Å². The molecule has 1 heterocycles. The van der Waals surface area contributed by atoms with Crippen molar-refractivity contribution >= 4 is 0 Å². The highest BCUT2D eigenvalue weighted by Crippen LogP contribution is 2.17. The summed E-state index contributed by atoms with van der Waals surface area (Å²) in [7, 11) is 0. The van der Waals surface area contributed by atoms with E-state index in [0.29, 0.717) is 5.56 Å². The maximum absolute atomic E-state index is 9.52. The maximum Gasteiger partial charge on any atom is 0.110 e. The summed E-state index contributed by atoms with van der Waals surface area (Å²) in [6, 6.07) is 0.210. The molecule has 0 saturated carbocycles. The van der Waals surface area contributed by atoms with Gasteiger partial charge in [-0.3, -0.25) is 4.68 Å². The van der Waals surface area contributed by atoms with Crippen molar-refractivity contribution in [3.8, 4) is 0 Å². The number of aliphatic hydroxyl groups excluding tert-OH is 3. The Morgan fingerprint density at radius 1 is 1.43 bits per heavy atom. The lowest BCUT2D eigenvalue weighted by Crippen LogP contribution is -2.21. The number of hydrogen-bond acceptors (Lipinski definition) is 4.